The normalized spacial score (nSPS) is 16.4. The number of benzene rings is 1. The van der Waals surface area contributed by atoms with Gasteiger partial charge in [0, 0.05) is 36.1 Å². The first-order valence-corrected chi connectivity index (χ1v) is 9.18. The van der Waals surface area contributed by atoms with Crippen LogP contribution in [0.5, 0.6) is 0 Å². The molecule has 26 heavy (non-hydrogen) atoms. The number of anilines is 1. The average molecular weight is 378 g/mol. The number of hydrogen-bond acceptors (Lipinski definition) is 5. The van der Waals surface area contributed by atoms with Crippen LogP contribution in [0.3, 0.4) is 0 Å². The second-order valence-corrected chi connectivity index (χ2v) is 7.59. The van der Waals surface area contributed by atoms with Gasteiger partial charge in [-0.15, -0.1) is 11.3 Å². The number of nitrogen functional groups attached to an aromatic ring is 1. The van der Waals surface area contributed by atoms with E-state index in [2.05, 4.69) is 14.9 Å². The lowest BCUT2D eigenvalue weighted by atomic mass is 10.1. The van der Waals surface area contributed by atoms with Crippen molar-refractivity contribution in [2.75, 3.05) is 18.8 Å². The summed E-state index contributed by atoms with van der Waals surface area (Å²) in [5.74, 6) is -0.907. The van der Waals surface area contributed by atoms with Crippen LogP contribution >= 0.6 is 11.3 Å². The number of aromatic nitrogens is 2. The Kier molecular flexibility index (Phi) is 4.54. The third kappa shape index (κ3) is 3.52. The van der Waals surface area contributed by atoms with E-state index in [0.29, 0.717) is 24.2 Å². The van der Waals surface area contributed by atoms with E-state index in [-0.39, 0.29) is 17.2 Å². The van der Waals surface area contributed by atoms with E-state index in [0.717, 1.165) is 29.4 Å². The molecule has 0 atom stereocenters. The number of nitrogens with zero attached hydrogens (tertiary/aromatic N) is 3. The molecular weight excluding hydrogens is 361 g/mol. The Morgan fingerprint density at radius 2 is 1.77 bits per heavy atom. The van der Waals surface area contributed by atoms with Crippen molar-refractivity contribution in [2.45, 2.75) is 25.6 Å². The molecule has 3 heterocycles. The molecule has 0 unspecified atom stereocenters. The number of rotatable bonds is 3. The van der Waals surface area contributed by atoms with E-state index >= 15 is 0 Å². The second-order valence-electron chi connectivity index (χ2n) is 6.47. The molecule has 0 bridgehead atoms. The van der Waals surface area contributed by atoms with E-state index < -0.39 is 17.8 Å². The quantitative estimate of drug-likeness (QED) is 0.744. The van der Waals surface area contributed by atoms with Crippen LogP contribution in [0.2, 0.25) is 0 Å². The summed E-state index contributed by atoms with van der Waals surface area (Å²) >= 11 is 1.47. The molecule has 1 aromatic carbocycles. The van der Waals surface area contributed by atoms with Gasteiger partial charge in [0.05, 0.1) is 5.39 Å². The zero-order valence-electron chi connectivity index (χ0n) is 13.9. The number of alkyl halides is 1. The number of nitrogens with two attached hydrogens (primary N) is 1. The highest BCUT2D eigenvalue weighted by molar-refractivity contribution is 7.18. The molecule has 0 radical (unpaired) electrons. The second kappa shape index (κ2) is 6.85. The monoisotopic (exact) mass is 378 g/mol. The molecule has 0 spiro atoms. The van der Waals surface area contributed by atoms with Gasteiger partial charge in [0.15, 0.2) is 5.82 Å². The van der Waals surface area contributed by atoms with Crippen LogP contribution < -0.4 is 5.73 Å². The van der Waals surface area contributed by atoms with Gasteiger partial charge in [-0.25, -0.2) is 23.1 Å². The Hall–Kier alpha value is -2.19. The highest BCUT2D eigenvalue weighted by atomic mass is 32.1. The number of halogens is 3. The Bertz CT molecular complexity index is 931. The first-order chi connectivity index (χ1) is 12.5. The summed E-state index contributed by atoms with van der Waals surface area (Å²) in [5.41, 5.74) is 6.29. The van der Waals surface area contributed by atoms with Crippen molar-refractivity contribution >= 4 is 27.4 Å². The maximum atomic E-state index is 13.5. The highest BCUT2D eigenvalue weighted by Gasteiger charge is 2.20. The summed E-state index contributed by atoms with van der Waals surface area (Å²) in [6.07, 6.45) is 0.411. The molecule has 0 saturated carbocycles. The Morgan fingerprint density at radius 3 is 2.46 bits per heavy atom. The standard InChI is InChI=1S/C18H17F3N4S/c19-11-1-3-25(4-2-11)9-14-8-15-16(22)23-17(24-18(15)26-14)10-5-12(20)7-13(21)6-10/h5-8,11H,1-4,9H2,(H2,22,23,24). The van der Waals surface area contributed by atoms with Gasteiger partial charge in [0.25, 0.3) is 0 Å². The van der Waals surface area contributed by atoms with E-state index in [9.17, 15) is 13.2 Å². The molecule has 2 aromatic heterocycles. The molecule has 2 N–H and O–H groups in total. The first kappa shape index (κ1) is 17.2. The van der Waals surface area contributed by atoms with Gasteiger partial charge in [-0.1, -0.05) is 0 Å². The third-order valence-corrected chi connectivity index (χ3v) is 5.50. The van der Waals surface area contributed by atoms with Crippen LogP contribution in [0.1, 0.15) is 17.7 Å². The fourth-order valence-corrected chi connectivity index (χ4v) is 4.24. The summed E-state index contributed by atoms with van der Waals surface area (Å²) in [6.45, 7) is 2.16. The van der Waals surface area contributed by atoms with Gasteiger partial charge in [-0.05, 0) is 31.0 Å². The number of fused-ring (bicyclic) bond motifs is 1. The third-order valence-electron chi connectivity index (χ3n) is 4.49. The topological polar surface area (TPSA) is 55.0 Å². The molecule has 1 saturated heterocycles. The van der Waals surface area contributed by atoms with Crippen molar-refractivity contribution in [1.29, 1.82) is 0 Å². The van der Waals surface area contributed by atoms with Gasteiger partial charge >= 0.3 is 0 Å². The molecule has 3 aromatic rings. The molecule has 4 rings (SSSR count). The number of likely N-dealkylation sites (tertiary alicyclic amines) is 1. The van der Waals surface area contributed by atoms with Gasteiger partial charge in [-0.2, -0.15) is 0 Å². The minimum atomic E-state index is -0.704. The fraction of sp³-hybridized carbons (Fsp3) is 0.333. The van der Waals surface area contributed by atoms with Crippen molar-refractivity contribution in [3.05, 3.63) is 40.8 Å². The molecule has 0 amide bonds. The largest absolute Gasteiger partial charge is 0.383 e. The molecule has 1 fully saturated rings. The van der Waals surface area contributed by atoms with Crippen molar-refractivity contribution in [2.24, 2.45) is 0 Å². The Morgan fingerprint density at radius 1 is 1.08 bits per heavy atom. The number of thiophene rings is 1. The Labute approximate surface area is 152 Å². The van der Waals surface area contributed by atoms with Crippen molar-refractivity contribution < 1.29 is 13.2 Å². The minimum Gasteiger partial charge on any atom is -0.383 e. The van der Waals surface area contributed by atoms with Crippen LogP contribution in [0.15, 0.2) is 24.3 Å². The lowest BCUT2D eigenvalue weighted by Gasteiger charge is -2.27. The fourth-order valence-electron chi connectivity index (χ4n) is 3.16. The molecular formula is C18H17F3N4S. The molecule has 136 valence electrons. The van der Waals surface area contributed by atoms with Crippen molar-refractivity contribution in [1.82, 2.24) is 14.9 Å². The van der Waals surface area contributed by atoms with Crippen LogP contribution in [0.25, 0.3) is 21.6 Å². The summed E-state index contributed by atoms with van der Waals surface area (Å²) in [5, 5.41) is 0.728. The summed E-state index contributed by atoms with van der Waals surface area (Å²) in [7, 11) is 0. The number of hydrogen-bond donors (Lipinski definition) is 1. The minimum absolute atomic E-state index is 0.194. The summed E-state index contributed by atoms with van der Waals surface area (Å²) in [6, 6.07) is 5.10. The van der Waals surface area contributed by atoms with Gasteiger partial charge in [0.2, 0.25) is 0 Å². The SMILES string of the molecule is Nc1nc(-c2cc(F)cc(F)c2)nc2sc(CN3CCC(F)CC3)cc12. The van der Waals surface area contributed by atoms with Crippen LogP contribution in [0.4, 0.5) is 19.0 Å². The first-order valence-electron chi connectivity index (χ1n) is 8.37. The van der Waals surface area contributed by atoms with E-state index in [1.54, 1.807) is 0 Å². The van der Waals surface area contributed by atoms with E-state index in [1.807, 2.05) is 6.07 Å². The zero-order chi connectivity index (χ0) is 18.3. The molecule has 1 aliphatic rings. The Balaban J connectivity index is 1.64. The maximum Gasteiger partial charge on any atom is 0.163 e. The van der Waals surface area contributed by atoms with Crippen LogP contribution in [-0.4, -0.2) is 34.1 Å². The maximum absolute atomic E-state index is 13.5. The van der Waals surface area contributed by atoms with Crippen LogP contribution in [-0.2, 0) is 6.54 Å². The predicted octanol–water partition coefficient (Wildman–Crippen LogP) is 4.15. The molecule has 8 heteroatoms. The molecule has 4 nitrogen and oxygen atoms in total. The van der Waals surface area contributed by atoms with Gasteiger partial charge in [0.1, 0.15) is 28.5 Å². The van der Waals surface area contributed by atoms with Crippen molar-refractivity contribution in [3.8, 4) is 11.4 Å². The average Bonchev–Trinajstić information content (AvgIpc) is 2.99. The lowest BCUT2D eigenvalue weighted by molar-refractivity contribution is 0.146. The summed E-state index contributed by atoms with van der Waals surface area (Å²) < 4.78 is 40.2. The van der Waals surface area contributed by atoms with Crippen LogP contribution in [0, 0.1) is 11.6 Å². The molecule has 0 aliphatic carbocycles. The van der Waals surface area contributed by atoms with Gasteiger partial charge in [-0.3, -0.25) is 4.90 Å². The summed E-state index contributed by atoms with van der Waals surface area (Å²) in [4.78, 5) is 12.6. The van der Waals surface area contributed by atoms with Crippen molar-refractivity contribution in [3.63, 3.8) is 0 Å². The number of piperidine rings is 1. The smallest absolute Gasteiger partial charge is 0.163 e. The molecule has 1 aliphatic heterocycles. The van der Waals surface area contributed by atoms with Gasteiger partial charge < -0.3 is 5.73 Å². The van der Waals surface area contributed by atoms with E-state index in [4.69, 9.17) is 5.73 Å². The predicted molar refractivity (Wildman–Crippen MR) is 96.6 cm³/mol. The zero-order valence-corrected chi connectivity index (χ0v) is 14.7. The highest BCUT2D eigenvalue weighted by Crippen LogP contribution is 2.31. The lowest BCUT2D eigenvalue weighted by Crippen LogP contribution is -2.33. The van der Waals surface area contributed by atoms with E-state index in [1.165, 1.54) is 23.5 Å².